The van der Waals surface area contributed by atoms with Crippen molar-refractivity contribution in [3.8, 4) is 0 Å². The van der Waals surface area contributed by atoms with E-state index in [0.717, 1.165) is 0 Å². The second-order valence-electron chi connectivity index (χ2n) is 5.73. The first-order valence-corrected chi connectivity index (χ1v) is 6.97. The van der Waals surface area contributed by atoms with Gasteiger partial charge in [-0.1, -0.05) is 0 Å². The van der Waals surface area contributed by atoms with E-state index in [-0.39, 0.29) is 49.6 Å². The van der Waals surface area contributed by atoms with Gasteiger partial charge >= 0.3 is 6.36 Å². The topological polar surface area (TPSA) is 83.4 Å². The van der Waals surface area contributed by atoms with Gasteiger partial charge in [0.25, 0.3) is 5.92 Å². The van der Waals surface area contributed by atoms with E-state index in [9.17, 15) is 22.0 Å². The van der Waals surface area contributed by atoms with E-state index in [1.807, 2.05) is 0 Å². The van der Waals surface area contributed by atoms with Gasteiger partial charge < -0.3 is 14.9 Å². The predicted octanol–water partition coefficient (Wildman–Crippen LogP) is 2.70. The Morgan fingerprint density at radius 2 is 1.79 bits per heavy atom. The van der Waals surface area contributed by atoms with Crippen molar-refractivity contribution in [2.24, 2.45) is 5.73 Å². The Morgan fingerprint density at radius 3 is 2.38 bits per heavy atom. The Bertz CT molecular complexity index is 564. The van der Waals surface area contributed by atoms with Crippen LogP contribution >= 0.6 is 12.4 Å². The SMILES string of the molecule is Cl.N[C@H]1CO[C@H](c2nnc(C3CC(OC(F)(F)F)C3)o2)CC1(F)F. The Balaban J connectivity index is 0.00000208. The van der Waals surface area contributed by atoms with Crippen LogP contribution in [0.4, 0.5) is 22.0 Å². The summed E-state index contributed by atoms with van der Waals surface area (Å²) in [6.45, 7) is -0.347. The molecule has 2 fully saturated rings. The molecule has 0 amide bonds. The Morgan fingerprint density at radius 1 is 1.17 bits per heavy atom. The van der Waals surface area contributed by atoms with Crippen LogP contribution < -0.4 is 5.73 Å². The molecule has 2 atom stereocenters. The second-order valence-corrected chi connectivity index (χ2v) is 5.73. The molecule has 1 aliphatic carbocycles. The van der Waals surface area contributed by atoms with E-state index in [2.05, 4.69) is 14.9 Å². The van der Waals surface area contributed by atoms with Crippen LogP contribution in [0.1, 0.15) is 43.1 Å². The van der Waals surface area contributed by atoms with Crippen molar-refractivity contribution < 1.29 is 35.8 Å². The van der Waals surface area contributed by atoms with Gasteiger partial charge in [0.15, 0.2) is 0 Å². The molecule has 0 bridgehead atoms. The maximum Gasteiger partial charge on any atom is 0.522 e. The van der Waals surface area contributed by atoms with Gasteiger partial charge in [-0.15, -0.1) is 35.8 Å². The fourth-order valence-electron chi connectivity index (χ4n) is 2.55. The van der Waals surface area contributed by atoms with Gasteiger partial charge in [-0.3, -0.25) is 4.74 Å². The van der Waals surface area contributed by atoms with Crippen LogP contribution in [0.25, 0.3) is 0 Å². The molecule has 12 heteroatoms. The van der Waals surface area contributed by atoms with E-state index in [4.69, 9.17) is 14.9 Å². The van der Waals surface area contributed by atoms with Crippen molar-refractivity contribution in [1.29, 1.82) is 0 Å². The van der Waals surface area contributed by atoms with Crippen LogP contribution in [0.2, 0.25) is 0 Å². The number of hydrogen-bond acceptors (Lipinski definition) is 6. The highest BCUT2D eigenvalue weighted by Gasteiger charge is 2.47. The lowest BCUT2D eigenvalue weighted by atomic mass is 9.82. The Kier molecular flexibility index (Phi) is 5.38. The van der Waals surface area contributed by atoms with Gasteiger partial charge in [-0.05, 0) is 12.8 Å². The molecule has 1 saturated carbocycles. The van der Waals surface area contributed by atoms with Crippen molar-refractivity contribution in [3.63, 3.8) is 0 Å². The van der Waals surface area contributed by atoms with Crippen LogP contribution in [-0.2, 0) is 9.47 Å². The first-order valence-electron chi connectivity index (χ1n) is 6.97. The molecule has 3 rings (SSSR count). The van der Waals surface area contributed by atoms with Gasteiger partial charge in [0.1, 0.15) is 6.10 Å². The quantitative estimate of drug-likeness (QED) is 0.813. The van der Waals surface area contributed by atoms with Crippen LogP contribution in [0.5, 0.6) is 0 Å². The molecule has 0 spiro atoms. The summed E-state index contributed by atoms with van der Waals surface area (Å²) in [7, 11) is 0. The van der Waals surface area contributed by atoms with E-state index >= 15 is 0 Å². The molecule has 1 aromatic rings. The summed E-state index contributed by atoms with van der Waals surface area (Å²) in [5.41, 5.74) is 5.26. The van der Waals surface area contributed by atoms with Gasteiger partial charge in [-0.2, -0.15) is 0 Å². The average molecular weight is 380 g/mol. The minimum atomic E-state index is -4.68. The van der Waals surface area contributed by atoms with Gasteiger partial charge in [0.2, 0.25) is 11.8 Å². The fraction of sp³-hybridized carbons (Fsp3) is 0.833. The summed E-state index contributed by atoms with van der Waals surface area (Å²) in [6.07, 6.45) is -7.24. The largest absolute Gasteiger partial charge is 0.522 e. The standard InChI is InChI=1S/C12H14F5N3O3.ClH/c13-11(14)3-7(21-4-8(11)18)10-20-19-9(22-10)5-1-6(2-5)23-12(15,16)17;/h5-8H,1-4,18H2;1H/t5?,6?,7-,8-;/m0./s1. The lowest BCUT2D eigenvalue weighted by Crippen LogP contribution is -2.49. The summed E-state index contributed by atoms with van der Waals surface area (Å²) in [5, 5.41) is 7.36. The fourth-order valence-corrected chi connectivity index (χ4v) is 2.55. The number of halogens is 6. The number of alkyl halides is 5. The summed E-state index contributed by atoms with van der Waals surface area (Å²) in [5.74, 6) is -3.51. The number of hydrogen-bond donors (Lipinski definition) is 1. The number of nitrogens with zero attached hydrogens (tertiary/aromatic N) is 2. The van der Waals surface area contributed by atoms with E-state index in [0.29, 0.717) is 0 Å². The van der Waals surface area contributed by atoms with Gasteiger partial charge in [0.05, 0.1) is 18.8 Å². The first-order chi connectivity index (χ1) is 10.6. The number of nitrogens with two attached hydrogens (primary N) is 1. The molecule has 0 radical (unpaired) electrons. The molecule has 1 aromatic heterocycles. The summed E-state index contributed by atoms with van der Waals surface area (Å²) in [6, 6.07) is -1.40. The Hall–Kier alpha value is -1.04. The normalized spacial score (nSPS) is 32.8. The average Bonchev–Trinajstić information content (AvgIpc) is 2.84. The van der Waals surface area contributed by atoms with Crippen LogP contribution in [0.15, 0.2) is 4.42 Å². The van der Waals surface area contributed by atoms with E-state index in [1.165, 1.54) is 0 Å². The third-order valence-corrected chi connectivity index (χ3v) is 3.95. The highest BCUT2D eigenvalue weighted by molar-refractivity contribution is 5.85. The highest BCUT2D eigenvalue weighted by Crippen LogP contribution is 2.42. The Labute approximate surface area is 139 Å². The van der Waals surface area contributed by atoms with Gasteiger partial charge in [-0.25, -0.2) is 8.78 Å². The smallest absolute Gasteiger partial charge is 0.422 e. The second kappa shape index (κ2) is 6.70. The predicted molar refractivity (Wildman–Crippen MR) is 70.7 cm³/mol. The lowest BCUT2D eigenvalue weighted by Gasteiger charge is -2.33. The maximum absolute atomic E-state index is 13.6. The van der Waals surface area contributed by atoms with E-state index < -0.39 is 37.0 Å². The van der Waals surface area contributed by atoms with Crippen LogP contribution in [-0.4, -0.2) is 41.2 Å². The molecule has 2 N–H and O–H groups in total. The highest BCUT2D eigenvalue weighted by atomic mass is 35.5. The van der Waals surface area contributed by atoms with Crippen molar-refractivity contribution in [2.75, 3.05) is 6.61 Å². The molecule has 0 aromatic carbocycles. The zero-order valence-corrected chi connectivity index (χ0v) is 12.9. The summed E-state index contributed by atoms with van der Waals surface area (Å²) < 4.78 is 77.5. The molecule has 2 heterocycles. The van der Waals surface area contributed by atoms with Crippen molar-refractivity contribution in [3.05, 3.63) is 11.8 Å². The van der Waals surface area contributed by atoms with E-state index in [1.54, 1.807) is 0 Å². The van der Waals surface area contributed by atoms with Crippen molar-refractivity contribution >= 4 is 12.4 Å². The molecular formula is C12H15ClF5N3O3. The molecule has 138 valence electrons. The molecule has 24 heavy (non-hydrogen) atoms. The molecular weight excluding hydrogens is 365 g/mol. The number of ether oxygens (including phenoxy) is 2. The number of aromatic nitrogens is 2. The van der Waals surface area contributed by atoms with Crippen molar-refractivity contribution in [1.82, 2.24) is 10.2 Å². The molecule has 1 aliphatic heterocycles. The molecule has 1 saturated heterocycles. The zero-order valence-electron chi connectivity index (χ0n) is 12.1. The first kappa shape index (κ1) is 19.3. The third-order valence-electron chi connectivity index (χ3n) is 3.95. The van der Waals surface area contributed by atoms with Gasteiger partial charge in [0, 0.05) is 12.3 Å². The summed E-state index contributed by atoms with van der Waals surface area (Å²) in [4.78, 5) is 0. The third kappa shape index (κ3) is 4.13. The minimum absolute atomic E-state index is 0. The summed E-state index contributed by atoms with van der Waals surface area (Å²) >= 11 is 0. The maximum atomic E-state index is 13.6. The number of rotatable bonds is 3. The van der Waals surface area contributed by atoms with Crippen molar-refractivity contribution in [2.45, 2.75) is 55.7 Å². The minimum Gasteiger partial charge on any atom is -0.422 e. The molecule has 2 aliphatic rings. The lowest BCUT2D eigenvalue weighted by molar-refractivity contribution is -0.352. The monoisotopic (exact) mass is 379 g/mol. The van der Waals surface area contributed by atoms with Crippen LogP contribution in [0, 0.1) is 0 Å². The molecule has 6 nitrogen and oxygen atoms in total. The zero-order chi connectivity index (χ0) is 16.8. The molecule has 0 unspecified atom stereocenters. The van der Waals surface area contributed by atoms with Crippen LogP contribution in [0.3, 0.4) is 0 Å².